The fourth-order valence-corrected chi connectivity index (χ4v) is 4.57. The minimum absolute atomic E-state index is 0.117. The molecule has 1 aliphatic rings. The summed E-state index contributed by atoms with van der Waals surface area (Å²) in [6.07, 6.45) is 4.42. The van der Waals surface area contributed by atoms with Crippen molar-refractivity contribution >= 4 is 11.7 Å². The van der Waals surface area contributed by atoms with E-state index in [9.17, 15) is 9.59 Å². The van der Waals surface area contributed by atoms with Crippen LogP contribution in [0.1, 0.15) is 77.3 Å². The van der Waals surface area contributed by atoms with E-state index in [1.54, 1.807) is 12.3 Å². The number of nitrogens with one attached hydrogen (secondary N) is 1. The molecule has 1 aliphatic carbocycles. The topological polar surface area (TPSA) is 76.9 Å². The molecule has 6 heteroatoms. The van der Waals surface area contributed by atoms with Gasteiger partial charge < -0.3 is 5.32 Å². The molecule has 0 spiro atoms. The number of hydrogen-bond donors (Lipinski definition) is 1. The van der Waals surface area contributed by atoms with Crippen LogP contribution < -0.4 is 5.32 Å². The van der Waals surface area contributed by atoms with Crippen LogP contribution in [0.5, 0.6) is 0 Å². The second kappa shape index (κ2) is 9.53. The Balaban J connectivity index is 1.51. The molecule has 1 aromatic carbocycles. The van der Waals surface area contributed by atoms with Crippen molar-refractivity contribution in [2.75, 3.05) is 6.54 Å². The zero-order valence-corrected chi connectivity index (χ0v) is 20.8. The fraction of sp³-hybridized carbons (Fsp3) is 0.429. The minimum atomic E-state index is -0.148. The minimum Gasteiger partial charge on any atom is -0.352 e. The van der Waals surface area contributed by atoms with Crippen LogP contribution in [0.3, 0.4) is 0 Å². The number of aryl methyl sites for hydroxylation is 1. The number of aromatic nitrogens is 3. The number of fused-ring (bicyclic) bond motifs is 1. The molecule has 3 aromatic rings. The number of nitrogens with zero attached hydrogens (tertiary/aromatic N) is 3. The molecule has 0 fully saturated rings. The molecule has 0 atom stereocenters. The summed E-state index contributed by atoms with van der Waals surface area (Å²) in [5, 5.41) is 7.78. The van der Waals surface area contributed by atoms with Gasteiger partial charge in [-0.25, -0.2) is 9.67 Å². The van der Waals surface area contributed by atoms with Crippen molar-refractivity contribution in [3.8, 4) is 5.82 Å². The SMILES string of the molecule is Cc1ccc(CCNC(=O)c2ccc(-n3nc(CC(C)C)c4c3CC(C)(C)CC4=O)nc2)cc1. The Morgan fingerprint density at radius 3 is 2.50 bits per heavy atom. The van der Waals surface area contributed by atoms with Gasteiger partial charge in [-0.05, 0) is 55.2 Å². The summed E-state index contributed by atoms with van der Waals surface area (Å²) < 4.78 is 1.81. The predicted octanol–water partition coefficient (Wildman–Crippen LogP) is 4.90. The lowest BCUT2D eigenvalue weighted by molar-refractivity contribution is 0.0908. The second-order valence-electron chi connectivity index (χ2n) is 10.6. The van der Waals surface area contributed by atoms with E-state index in [1.807, 2.05) is 10.7 Å². The summed E-state index contributed by atoms with van der Waals surface area (Å²) in [4.78, 5) is 30.1. The zero-order chi connectivity index (χ0) is 24.5. The molecule has 0 unspecified atom stereocenters. The highest BCUT2D eigenvalue weighted by atomic mass is 16.1. The van der Waals surface area contributed by atoms with Gasteiger partial charge in [0.1, 0.15) is 0 Å². The Hall–Kier alpha value is -3.28. The Morgan fingerprint density at radius 2 is 1.85 bits per heavy atom. The Morgan fingerprint density at radius 1 is 1.12 bits per heavy atom. The van der Waals surface area contributed by atoms with Crippen molar-refractivity contribution in [1.82, 2.24) is 20.1 Å². The quantitative estimate of drug-likeness (QED) is 0.546. The third kappa shape index (κ3) is 5.27. The molecule has 34 heavy (non-hydrogen) atoms. The van der Waals surface area contributed by atoms with Crippen LogP contribution in [-0.2, 0) is 19.3 Å². The zero-order valence-electron chi connectivity index (χ0n) is 20.8. The molecule has 6 nitrogen and oxygen atoms in total. The number of amides is 1. The monoisotopic (exact) mass is 458 g/mol. The van der Waals surface area contributed by atoms with E-state index in [0.717, 1.165) is 36.2 Å². The fourth-order valence-electron chi connectivity index (χ4n) is 4.57. The highest BCUT2D eigenvalue weighted by Gasteiger charge is 2.36. The third-order valence-electron chi connectivity index (χ3n) is 6.27. The van der Waals surface area contributed by atoms with E-state index < -0.39 is 0 Å². The lowest BCUT2D eigenvalue weighted by Gasteiger charge is -2.29. The van der Waals surface area contributed by atoms with Crippen LogP contribution in [0.2, 0.25) is 0 Å². The van der Waals surface area contributed by atoms with Crippen LogP contribution >= 0.6 is 0 Å². The summed E-state index contributed by atoms with van der Waals surface area (Å²) in [7, 11) is 0. The maximum absolute atomic E-state index is 13.0. The number of carbonyl (C=O) groups excluding carboxylic acids is 2. The van der Waals surface area contributed by atoms with Crippen molar-refractivity contribution in [2.45, 2.75) is 60.3 Å². The number of ketones is 1. The van der Waals surface area contributed by atoms with Gasteiger partial charge in [-0.3, -0.25) is 9.59 Å². The summed E-state index contributed by atoms with van der Waals surface area (Å²) >= 11 is 0. The number of hydrogen-bond acceptors (Lipinski definition) is 4. The Labute approximate surface area is 201 Å². The van der Waals surface area contributed by atoms with E-state index >= 15 is 0 Å². The predicted molar refractivity (Wildman–Crippen MR) is 134 cm³/mol. The van der Waals surface area contributed by atoms with E-state index in [4.69, 9.17) is 5.10 Å². The molecule has 4 rings (SSSR count). The summed E-state index contributed by atoms with van der Waals surface area (Å²) in [5.41, 5.74) is 5.36. The first kappa shape index (κ1) is 23.9. The number of pyridine rings is 1. The van der Waals surface area contributed by atoms with Crippen LogP contribution in [0, 0.1) is 18.3 Å². The van der Waals surface area contributed by atoms with E-state index in [2.05, 4.69) is 69.2 Å². The molecule has 1 N–H and O–H groups in total. The first-order valence-electron chi connectivity index (χ1n) is 12.1. The van der Waals surface area contributed by atoms with Crippen LogP contribution in [0.4, 0.5) is 0 Å². The molecular formula is C28H34N4O2. The lowest BCUT2D eigenvalue weighted by Crippen LogP contribution is -2.28. The maximum Gasteiger partial charge on any atom is 0.252 e. The first-order valence-corrected chi connectivity index (χ1v) is 12.1. The molecule has 178 valence electrons. The lowest BCUT2D eigenvalue weighted by atomic mass is 9.75. The van der Waals surface area contributed by atoms with Crippen molar-refractivity contribution in [3.63, 3.8) is 0 Å². The van der Waals surface area contributed by atoms with E-state index in [0.29, 0.717) is 30.3 Å². The average Bonchev–Trinajstić information content (AvgIpc) is 3.11. The third-order valence-corrected chi connectivity index (χ3v) is 6.27. The summed E-state index contributed by atoms with van der Waals surface area (Å²) in [5.74, 6) is 1.05. The van der Waals surface area contributed by atoms with Gasteiger partial charge in [-0.2, -0.15) is 5.10 Å². The molecule has 0 saturated heterocycles. The molecule has 0 bridgehead atoms. The average molecular weight is 459 g/mol. The normalized spacial score (nSPS) is 14.8. The van der Waals surface area contributed by atoms with Crippen molar-refractivity contribution < 1.29 is 9.59 Å². The smallest absolute Gasteiger partial charge is 0.252 e. The number of carbonyl (C=O) groups is 2. The van der Waals surface area contributed by atoms with Gasteiger partial charge in [0.05, 0.1) is 22.5 Å². The number of benzene rings is 1. The van der Waals surface area contributed by atoms with Crippen LogP contribution in [-0.4, -0.2) is 33.0 Å². The number of Topliss-reactive ketones (excluding diaryl/α,β-unsaturated/α-hetero) is 1. The highest BCUT2D eigenvalue weighted by Crippen LogP contribution is 2.37. The molecule has 0 radical (unpaired) electrons. The second-order valence-corrected chi connectivity index (χ2v) is 10.6. The highest BCUT2D eigenvalue weighted by molar-refractivity contribution is 6.00. The molecule has 1 amide bonds. The van der Waals surface area contributed by atoms with Gasteiger partial charge in [0, 0.05) is 19.2 Å². The summed E-state index contributed by atoms with van der Waals surface area (Å²) in [6.45, 7) is 11.1. The Bertz CT molecular complexity index is 1190. The summed E-state index contributed by atoms with van der Waals surface area (Å²) in [6, 6.07) is 11.9. The van der Waals surface area contributed by atoms with Gasteiger partial charge >= 0.3 is 0 Å². The Kier molecular flexibility index (Phi) is 6.69. The van der Waals surface area contributed by atoms with Crippen LogP contribution in [0.25, 0.3) is 5.82 Å². The van der Waals surface area contributed by atoms with Crippen LogP contribution in [0.15, 0.2) is 42.6 Å². The van der Waals surface area contributed by atoms with Gasteiger partial charge in [0.25, 0.3) is 5.91 Å². The molecule has 2 aromatic heterocycles. The molecule has 0 saturated carbocycles. The van der Waals surface area contributed by atoms with Gasteiger partial charge in [0.15, 0.2) is 11.6 Å². The number of rotatable bonds is 7. The first-order chi connectivity index (χ1) is 16.1. The van der Waals surface area contributed by atoms with Crippen molar-refractivity contribution in [3.05, 3.63) is 76.2 Å². The largest absolute Gasteiger partial charge is 0.352 e. The van der Waals surface area contributed by atoms with Gasteiger partial charge in [-0.1, -0.05) is 57.5 Å². The van der Waals surface area contributed by atoms with E-state index in [-0.39, 0.29) is 17.1 Å². The maximum atomic E-state index is 13.0. The van der Waals surface area contributed by atoms with Crippen molar-refractivity contribution in [1.29, 1.82) is 0 Å². The van der Waals surface area contributed by atoms with Gasteiger partial charge in [0.2, 0.25) is 0 Å². The molecule has 2 heterocycles. The molecular weight excluding hydrogens is 424 g/mol. The van der Waals surface area contributed by atoms with E-state index in [1.165, 1.54) is 11.1 Å². The standard InChI is InChI=1S/C28H34N4O2/c1-18(2)14-22-26-23(15-28(4,5)16-24(26)33)32(31-22)25-11-10-21(17-30-25)27(34)29-13-12-20-8-6-19(3)7-9-20/h6-11,17-18H,12-16H2,1-5H3,(H,29,34). The molecule has 0 aliphatic heterocycles. The van der Waals surface area contributed by atoms with Gasteiger partial charge in [-0.15, -0.1) is 0 Å². The van der Waals surface area contributed by atoms with Crippen molar-refractivity contribution in [2.24, 2.45) is 11.3 Å².